The van der Waals surface area contributed by atoms with Crippen molar-refractivity contribution in [3.05, 3.63) is 89.5 Å². The Morgan fingerprint density at radius 3 is 2.08 bits per heavy atom. The number of nitrogens with zero attached hydrogens (tertiary/aromatic N) is 1. The van der Waals surface area contributed by atoms with E-state index in [9.17, 15) is 14.4 Å². The lowest BCUT2D eigenvalue weighted by Crippen LogP contribution is -2.56. The highest BCUT2D eigenvalue weighted by Crippen LogP contribution is 2.43. The lowest BCUT2D eigenvalue weighted by atomic mass is 9.87. The summed E-state index contributed by atoms with van der Waals surface area (Å²) in [6.45, 7) is 4.92. The summed E-state index contributed by atoms with van der Waals surface area (Å²) in [6.07, 6.45) is -0.897. The van der Waals surface area contributed by atoms with Gasteiger partial charge in [-0.25, -0.2) is 4.79 Å². The van der Waals surface area contributed by atoms with Crippen molar-refractivity contribution in [2.45, 2.75) is 32.1 Å². The summed E-state index contributed by atoms with van der Waals surface area (Å²) in [5, 5.41) is 8.50. The third kappa shape index (κ3) is 5.25. The van der Waals surface area contributed by atoms with Gasteiger partial charge in [0.25, 0.3) is 5.91 Å². The van der Waals surface area contributed by atoms with Crippen LogP contribution in [-0.2, 0) is 24.6 Å². The molecule has 3 aromatic carbocycles. The predicted molar refractivity (Wildman–Crippen MR) is 144 cm³/mol. The first-order valence-corrected chi connectivity index (χ1v) is 12.5. The Bertz CT molecular complexity index is 1270. The number of hydrogen-bond acceptors (Lipinski definition) is 5. The molecule has 0 aliphatic carbocycles. The molecule has 3 aromatic rings. The Morgan fingerprint density at radius 2 is 1.45 bits per heavy atom. The first-order chi connectivity index (χ1) is 18.3. The molecule has 38 heavy (non-hydrogen) atoms. The molecule has 0 radical (unpaired) electrons. The summed E-state index contributed by atoms with van der Waals surface area (Å²) in [4.78, 5) is 42.3. The van der Waals surface area contributed by atoms with E-state index in [0.717, 1.165) is 11.1 Å². The average molecular weight is 515 g/mol. The maximum absolute atomic E-state index is 14.1. The number of carbonyl (C=O) groups excluding carboxylic acids is 3. The molecule has 2 aliphatic heterocycles. The highest BCUT2D eigenvalue weighted by atomic mass is 16.7. The van der Waals surface area contributed by atoms with E-state index in [1.54, 1.807) is 42.5 Å². The van der Waals surface area contributed by atoms with Gasteiger partial charge in [0.1, 0.15) is 0 Å². The summed E-state index contributed by atoms with van der Waals surface area (Å²) in [7, 11) is 0. The van der Waals surface area contributed by atoms with Gasteiger partial charge < -0.3 is 30.3 Å². The number of carbonyl (C=O) groups is 3. The number of anilines is 3. The molecule has 0 saturated carbocycles. The molecule has 9 nitrogen and oxygen atoms in total. The van der Waals surface area contributed by atoms with Crippen molar-refractivity contribution in [2.24, 2.45) is 0 Å². The Morgan fingerprint density at radius 1 is 0.868 bits per heavy atom. The molecule has 196 valence electrons. The molecule has 1 saturated heterocycles. The molecule has 0 aromatic heterocycles. The molecule has 0 spiro atoms. The van der Waals surface area contributed by atoms with Crippen LogP contribution in [0.4, 0.5) is 21.9 Å². The molecular weight excluding hydrogens is 484 g/mol. The standard InChI is InChI=1S/C29H30N4O5/c1-19-7-11-21(12-8-19)30-25(34)17-29(32-28(36)31-22-13-9-20(2)10-14-22)23-5-3-4-6-24(23)33(27(29)35)18-26-37-15-16-38-26/h3-14,26H,15-18H2,1-2H3,(H,30,34)(H2,31,32,36). The normalized spacial score (nSPS) is 18.8. The van der Waals surface area contributed by atoms with Gasteiger partial charge in [-0.05, 0) is 44.2 Å². The lowest BCUT2D eigenvalue weighted by Gasteiger charge is -2.30. The van der Waals surface area contributed by atoms with Crippen LogP contribution in [0.25, 0.3) is 0 Å². The molecular formula is C29H30N4O5. The minimum atomic E-state index is -1.64. The van der Waals surface area contributed by atoms with Crippen molar-refractivity contribution in [3.63, 3.8) is 0 Å². The number of benzene rings is 3. The van der Waals surface area contributed by atoms with Crippen molar-refractivity contribution < 1.29 is 23.9 Å². The van der Waals surface area contributed by atoms with Crippen LogP contribution in [0.15, 0.2) is 72.8 Å². The van der Waals surface area contributed by atoms with Crippen LogP contribution in [-0.4, -0.2) is 43.9 Å². The van der Waals surface area contributed by atoms with Crippen LogP contribution in [0.1, 0.15) is 23.1 Å². The van der Waals surface area contributed by atoms with Crippen molar-refractivity contribution >= 4 is 34.9 Å². The summed E-state index contributed by atoms with van der Waals surface area (Å²) in [5.74, 6) is -0.848. The third-order valence-electron chi connectivity index (χ3n) is 6.68. The van der Waals surface area contributed by atoms with Gasteiger partial charge in [-0.15, -0.1) is 0 Å². The van der Waals surface area contributed by atoms with Crippen LogP contribution in [0.5, 0.6) is 0 Å². The van der Waals surface area contributed by atoms with Gasteiger partial charge in [-0.2, -0.15) is 0 Å². The largest absolute Gasteiger partial charge is 0.348 e. The highest BCUT2D eigenvalue weighted by molar-refractivity contribution is 6.12. The molecule has 0 bridgehead atoms. The minimum Gasteiger partial charge on any atom is -0.348 e. The molecule has 2 aliphatic rings. The van der Waals surface area contributed by atoms with Crippen molar-refractivity contribution in [1.82, 2.24) is 5.32 Å². The van der Waals surface area contributed by atoms with Gasteiger partial charge in [0.15, 0.2) is 11.8 Å². The topological polar surface area (TPSA) is 109 Å². The second-order valence-corrected chi connectivity index (χ2v) is 9.55. The average Bonchev–Trinajstić information content (AvgIpc) is 3.49. The number of urea groups is 1. The minimum absolute atomic E-state index is 0.137. The number of para-hydroxylation sites is 1. The van der Waals surface area contributed by atoms with Gasteiger partial charge in [-0.3, -0.25) is 9.59 Å². The number of aryl methyl sites for hydroxylation is 2. The number of hydrogen-bond donors (Lipinski definition) is 3. The molecule has 1 atom stereocenters. The fourth-order valence-corrected chi connectivity index (χ4v) is 4.78. The fourth-order valence-electron chi connectivity index (χ4n) is 4.78. The Hall–Kier alpha value is -4.21. The Balaban J connectivity index is 1.47. The van der Waals surface area contributed by atoms with Gasteiger partial charge in [0.05, 0.1) is 31.9 Å². The van der Waals surface area contributed by atoms with E-state index >= 15 is 0 Å². The van der Waals surface area contributed by atoms with E-state index in [4.69, 9.17) is 9.47 Å². The Kier molecular flexibility index (Phi) is 7.13. The fraction of sp³-hybridized carbons (Fsp3) is 0.276. The lowest BCUT2D eigenvalue weighted by molar-refractivity contribution is -0.129. The zero-order chi connectivity index (χ0) is 26.7. The monoisotopic (exact) mass is 514 g/mol. The number of amides is 4. The number of ether oxygens (including phenoxy) is 2. The Labute approximate surface area is 221 Å². The van der Waals surface area contributed by atoms with Gasteiger partial charge in [-0.1, -0.05) is 53.6 Å². The first kappa shape index (κ1) is 25.4. The second-order valence-electron chi connectivity index (χ2n) is 9.55. The van der Waals surface area contributed by atoms with Crippen molar-refractivity contribution in [1.29, 1.82) is 0 Å². The van der Waals surface area contributed by atoms with Crippen LogP contribution in [0.3, 0.4) is 0 Å². The van der Waals surface area contributed by atoms with E-state index in [1.165, 1.54) is 4.90 Å². The smallest absolute Gasteiger partial charge is 0.320 e. The molecule has 5 rings (SSSR count). The van der Waals surface area contributed by atoms with Gasteiger partial charge in [0, 0.05) is 16.9 Å². The maximum Gasteiger partial charge on any atom is 0.320 e. The van der Waals surface area contributed by atoms with E-state index in [0.29, 0.717) is 35.8 Å². The zero-order valence-electron chi connectivity index (χ0n) is 21.3. The molecule has 3 N–H and O–H groups in total. The molecule has 2 heterocycles. The SMILES string of the molecule is Cc1ccc(NC(=O)CC2(NC(=O)Nc3ccc(C)cc3)C(=O)N(CC3OCCO3)c3ccccc32)cc1. The van der Waals surface area contributed by atoms with Crippen LogP contribution in [0, 0.1) is 13.8 Å². The second kappa shape index (κ2) is 10.6. The number of fused-ring (bicyclic) bond motifs is 1. The predicted octanol–water partition coefficient (Wildman–Crippen LogP) is 4.07. The quantitative estimate of drug-likeness (QED) is 0.441. The highest BCUT2D eigenvalue weighted by Gasteiger charge is 2.53. The van der Waals surface area contributed by atoms with Crippen LogP contribution in [0.2, 0.25) is 0 Å². The third-order valence-corrected chi connectivity index (χ3v) is 6.68. The van der Waals surface area contributed by atoms with Crippen LogP contribution < -0.4 is 20.9 Å². The number of nitrogens with one attached hydrogen (secondary N) is 3. The molecule has 4 amide bonds. The van der Waals surface area contributed by atoms with Gasteiger partial charge >= 0.3 is 6.03 Å². The zero-order valence-corrected chi connectivity index (χ0v) is 21.3. The molecule has 9 heteroatoms. The van der Waals surface area contributed by atoms with Gasteiger partial charge in [0.2, 0.25) is 5.91 Å². The number of rotatable bonds is 7. The van der Waals surface area contributed by atoms with E-state index in [-0.39, 0.29) is 13.0 Å². The van der Waals surface area contributed by atoms with E-state index < -0.39 is 29.7 Å². The molecule has 1 unspecified atom stereocenters. The van der Waals surface area contributed by atoms with E-state index in [1.807, 2.05) is 44.2 Å². The first-order valence-electron chi connectivity index (χ1n) is 12.5. The summed E-state index contributed by atoms with van der Waals surface area (Å²) in [5.41, 5.74) is 2.75. The summed E-state index contributed by atoms with van der Waals surface area (Å²) >= 11 is 0. The summed E-state index contributed by atoms with van der Waals surface area (Å²) in [6, 6.07) is 21.2. The van der Waals surface area contributed by atoms with Crippen LogP contribution >= 0.6 is 0 Å². The van der Waals surface area contributed by atoms with E-state index in [2.05, 4.69) is 16.0 Å². The summed E-state index contributed by atoms with van der Waals surface area (Å²) < 4.78 is 11.2. The van der Waals surface area contributed by atoms with Crippen molar-refractivity contribution in [2.75, 3.05) is 35.3 Å². The van der Waals surface area contributed by atoms with Crippen molar-refractivity contribution in [3.8, 4) is 0 Å². The maximum atomic E-state index is 14.1. The molecule has 1 fully saturated rings.